The minimum absolute atomic E-state index is 0.0828. The summed E-state index contributed by atoms with van der Waals surface area (Å²) in [6.07, 6.45) is 56.6. The highest BCUT2D eigenvalue weighted by Crippen LogP contribution is 2.14. The molecule has 0 radical (unpaired) electrons. The van der Waals surface area contributed by atoms with Gasteiger partial charge in [0.05, 0.1) is 0 Å². The van der Waals surface area contributed by atoms with Gasteiger partial charge in [-0.1, -0.05) is 185 Å². The molecule has 0 aromatic carbocycles. The molecule has 0 heterocycles. The van der Waals surface area contributed by atoms with E-state index in [1.165, 1.54) is 122 Å². The maximum absolute atomic E-state index is 12.8. The van der Waals surface area contributed by atoms with Gasteiger partial charge in [-0.3, -0.25) is 14.4 Å². The summed E-state index contributed by atoms with van der Waals surface area (Å²) in [5, 5.41) is 0. The lowest BCUT2D eigenvalue weighted by molar-refractivity contribution is -0.167. The molecule has 0 aliphatic carbocycles. The van der Waals surface area contributed by atoms with E-state index in [1.807, 2.05) is 0 Å². The molecule has 0 aromatic rings. The predicted molar refractivity (Wildman–Crippen MR) is 252 cm³/mol. The number of carbonyl (C=O) groups is 3. The van der Waals surface area contributed by atoms with Crippen LogP contribution in [0.4, 0.5) is 0 Å². The van der Waals surface area contributed by atoms with Crippen LogP contribution < -0.4 is 0 Å². The van der Waals surface area contributed by atoms with Crippen molar-refractivity contribution in [1.29, 1.82) is 0 Å². The van der Waals surface area contributed by atoms with Crippen LogP contribution in [0.25, 0.3) is 0 Å². The van der Waals surface area contributed by atoms with Crippen LogP contribution in [-0.2, 0) is 28.6 Å². The molecule has 6 heteroatoms. The summed E-state index contributed by atoms with van der Waals surface area (Å²) in [5.41, 5.74) is 0. The number of ether oxygens (including phenoxy) is 3. The molecule has 0 aromatic heterocycles. The number of allylic oxidation sites excluding steroid dienone is 8. The highest BCUT2D eigenvalue weighted by molar-refractivity contribution is 5.71. The first-order valence-corrected chi connectivity index (χ1v) is 25.1. The summed E-state index contributed by atoms with van der Waals surface area (Å²) in [6.45, 7) is 6.54. The van der Waals surface area contributed by atoms with Gasteiger partial charge in [0.15, 0.2) is 6.10 Å². The van der Waals surface area contributed by atoms with E-state index < -0.39 is 6.10 Å². The van der Waals surface area contributed by atoms with Crippen LogP contribution in [0, 0.1) is 0 Å². The number of carbonyl (C=O) groups excluding carboxylic acids is 3. The maximum Gasteiger partial charge on any atom is 0.306 e. The van der Waals surface area contributed by atoms with Crippen LogP contribution >= 0.6 is 0 Å². The first kappa shape index (κ1) is 56.4. The van der Waals surface area contributed by atoms with Crippen LogP contribution in [0.2, 0.25) is 0 Å². The fourth-order valence-electron chi connectivity index (χ4n) is 6.92. The van der Waals surface area contributed by atoms with Gasteiger partial charge in [-0.15, -0.1) is 0 Å². The van der Waals surface area contributed by atoms with Crippen molar-refractivity contribution in [3.63, 3.8) is 0 Å². The smallest absolute Gasteiger partial charge is 0.306 e. The Balaban J connectivity index is 4.37. The molecule has 0 rings (SSSR count). The average molecular weight is 827 g/mol. The topological polar surface area (TPSA) is 78.9 Å². The summed E-state index contributed by atoms with van der Waals surface area (Å²) in [7, 11) is 0. The van der Waals surface area contributed by atoms with Crippen molar-refractivity contribution < 1.29 is 28.6 Å². The zero-order valence-corrected chi connectivity index (χ0v) is 39.0. The van der Waals surface area contributed by atoms with Gasteiger partial charge in [0, 0.05) is 19.3 Å². The molecule has 0 aliphatic heterocycles. The van der Waals surface area contributed by atoms with Gasteiger partial charge in [0.2, 0.25) is 0 Å². The van der Waals surface area contributed by atoms with Gasteiger partial charge >= 0.3 is 17.9 Å². The van der Waals surface area contributed by atoms with Gasteiger partial charge in [-0.25, -0.2) is 0 Å². The van der Waals surface area contributed by atoms with E-state index in [2.05, 4.69) is 69.4 Å². The molecule has 0 bridgehead atoms. The average Bonchev–Trinajstić information content (AvgIpc) is 3.23. The molecule has 0 unspecified atom stereocenters. The minimum Gasteiger partial charge on any atom is -0.462 e. The molecule has 0 saturated heterocycles. The van der Waals surface area contributed by atoms with E-state index in [9.17, 15) is 14.4 Å². The molecular formula is C53H94O6. The van der Waals surface area contributed by atoms with Crippen LogP contribution in [0.3, 0.4) is 0 Å². The first-order chi connectivity index (χ1) is 29.0. The van der Waals surface area contributed by atoms with Crippen molar-refractivity contribution in [2.24, 2.45) is 0 Å². The standard InChI is InChI=1S/C53H94O6/c1-4-7-10-13-16-19-22-24-25-26-27-29-31-34-37-40-43-46-52(55)58-49-50(48-57-51(54)45-42-39-36-33-30-21-18-15-12-9-6-3)59-53(56)47-44-41-38-35-32-28-23-20-17-14-11-8-5-2/h15-16,18-20,23-25,50H,4-14,17,21-22,26-49H2,1-3H3/b18-15-,19-16-,23-20-,25-24-/t50-/m1/s1. The molecule has 0 aliphatic rings. The number of hydrogen-bond acceptors (Lipinski definition) is 6. The molecule has 0 N–H and O–H groups in total. The Labute approximate surface area is 365 Å². The predicted octanol–water partition coefficient (Wildman–Crippen LogP) is 16.3. The number of rotatable bonds is 45. The second-order valence-corrected chi connectivity index (χ2v) is 16.7. The summed E-state index contributed by atoms with van der Waals surface area (Å²) in [5.74, 6) is -0.905. The number of unbranched alkanes of at least 4 members (excludes halogenated alkanes) is 26. The third kappa shape index (κ3) is 46.3. The summed E-state index contributed by atoms with van der Waals surface area (Å²) < 4.78 is 16.7. The van der Waals surface area contributed by atoms with Gasteiger partial charge in [-0.05, 0) is 96.3 Å². The van der Waals surface area contributed by atoms with Gasteiger partial charge in [0.25, 0.3) is 0 Å². The number of esters is 3. The van der Waals surface area contributed by atoms with E-state index in [0.29, 0.717) is 19.3 Å². The molecule has 0 fully saturated rings. The van der Waals surface area contributed by atoms with E-state index in [1.54, 1.807) is 0 Å². The Kier molecular flexibility index (Phi) is 45.9. The molecule has 59 heavy (non-hydrogen) atoms. The molecule has 342 valence electrons. The van der Waals surface area contributed by atoms with E-state index in [-0.39, 0.29) is 31.1 Å². The molecular weight excluding hydrogens is 733 g/mol. The van der Waals surface area contributed by atoms with Crippen LogP contribution in [0.1, 0.15) is 252 Å². The zero-order chi connectivity index (χ0) is 43.0. The second kappa shape index (κ2) is 48.0. The fourth-order valence-corrected chi connectivity index (χ4v) is 6.92. The highest BCUT2D eigenvalue weighted by Gasteiger charge is 2.19. The second-order valence-electron chi connectivity index (χ2n) is 16.7. The van der Waals surface area contributed by atoms with Gasteiger partial charge in [0.1, 0.15) is 13.2 Å². The SMILES string of the molecule is CCCC/C=C\CCCCCCCC(=O)OC[C@H](COC(=O)CCCCCCCCC/C=C\C/C=C\CCCCC)OC(=O)CCCCCCC/C=C\CCCCCC. The van der Waals surface area contributed by atoms with Crippen molar-refractivity contribution in [3.05, 3.63) is 48.6 Å². The monoisotopic (exact) mass is 827 g/mol. The molecule has 0 spiro atoms. The van der Waals surface area contributed by atoms with Crippen LogP contribution in [-0.4, -0.2) is 37.2 Å². The van der Waals surface area contributed by atoms with Crippen molar-refractivity contribution in [1.82, 2.24) is 0 Å². The number of hydrogen-bond donors (Lipinski definition) is 0. The molecule has 0 saturated carbocycles. The zero-order valence-electron chi connectivity index (χ0n) is 39.0. The van der Waals surface area contributed by atoms with E-state index in [4.69, 9.17) is 14.2 Å². The Morgan fingerprint density at radius 1 is 0.339 bits per heavy atom. The summed E-state index contributed by atoms with van der Waals surface area (Å²) in [6, 6.07) is 0. The Bertz CT molecular complexity index is 1040. The van der Waals surface area contributed by atoms with E-state index >= 15 is 0 Å². The Hall–Kier alpha value is -2.63. The summed E-state index contributed by atoms with van der Waals surface area (Å²) in [4.78, 5) is 37.9. The lowest BCUT2D eigenvalue weighted by atomic mass is 10.1. The Morgan fingerprint density at radius 2 is 0.627 bits per heavy atom. The lowest BCUT2D eigenvalue weighted by Gasteiger charge is -2.18. The lowest BCUT2D eigenvalue weighted by Crippen LogP contribution is -2.30. The third-order valence-electron chi connectivity index (χ3n) is 10.8. The molecule has 1 atom stereocenters. The van der Waals surface area contributed by atoms with Crippen molar-refractivity contribution in [2.75, 3.05) is 13.2 Å². The Morgan fingerprint density at radius 3 is 1.03 bits per heavy atom. The first-order valence-electron chi connectivity index (χ1n) is 25.1. The maximum atomic E-state index is 12.8. The van der Waals surface area contributed by atoms with Crippen LogP contribution in [0.5, 0.6) is 0 Å². The summed E-state index contributed by atoms with van der Waals surface area (Å²) >= 11 is 0. The van der Waals surface area contributed by atoms with Crippen molar-refractivity contribution in [3.8, 4) is 0 Å². The highest BCUT2D eigenvalue weighted by atomic mass is 16.6. The van der Waals surface area contributed by atoms with Crippen molar-refractivity contribution in [2.45, 2.75) is 258 Å². The molecule has 0 amide bonds. The molecule has 6 nitrogen and oxygen atoms in total. The van der Waals surface area contributed by atoms with Gasteiger partial charge in [-0.2, -0.15) is 0 Å². The quantitative estimate of drug-likeness (QED) is 0.0263. The normalized spacial score (nSPS) is 12.4. The van der Waals surface area contributed by atoms with Crippen LogP contribution in [0.15, 0.2) is 48.6 Å². The fraction of sp³-hybridized carbons (Fsp3) is 0.792. The largest absolute Gasteiger partial charge is 0.462 e. The van der Waals surface area contributed by atoms with Crippen molar-refractivity contribution >= 4 is 17.9 Å². The van der Waals surface area contributed by atoms with E-state index in [0.717, 1.165) is 89.9 Å². The third-order valence-corrected chi connectivity index (χ3v) is 10.8. The van der Waals surface area contributed by atoms with Gasteiger partial charge < -0.3 is 14.2 Å². The minimum atomic E-state index is -0.781.